The van der Waals surface area contributed by atoms with E-state index in [0.29, 0.717) is 36.6 Å². The highest BCUT2D eigenvalue weighted by Gasteiger charge is 2.43. The van der Waals surface area contributed by atoms with E-state index in [-0.39, 0.29) is 25.6 Å². The van der Waals surface area contributed by atoms with Gasteiger partial charge in [-0.3, -0.25) is 9.69 Å². The van der Waals surface area contributed by atoms with Crippen LogP contribution in [0.4, 0.5) is 0 Å². The molecule has 2 aliphatic heterocycles. The van der Waals surface area contributed by atoms with E-state index < -0.39 is 0 Å². The Balaban J connectivity index is 0.00000306. The summed E-state index contributed by atoms with van der Waals surface area (Å²) in [4.78, 5) is 17.5. The minimum absolute atomic E-state index is 0. The second-order valence-electron chi connectivity index (χ2n) is 8.73. The van der Waals surface area contributed by atoms with Gasteiger partial charge in [0.2, 0.25) is 0 Å². The van der Waals surface area contributed by atoms with Crippen LogP contribution in [0.3, 0.4) is 0 Å². The van der Waals surface area contributed by atoms with Crippen LogP contribution in [0, 0.1) is 0 Å². The lowest BCUT2D eigenvalue weighted by atomic mass is 9.87. The van der Waals surface area contributed by atoms with E-state index in [2.05, 4.69) is 36.1 Å². The molecule has 1 amide bonds. The molecule has 2 fully saturated rings. The number of piperidine rings is 1. The number of hydrogen-bond acceptors (Lipinski definition) is 5. The van der Waals surface area contributed by atoms with Crippen LogP contribution in [0.15, 0.2) is 48.5 Å². The number of likely N-dealkylation sites (N-methyl/N-ethyl adjacent to an activating group) is 1. The molecule has 1 spiro atoms. The van der Waals surface area contributed by atoms with Crippen molar-refractivity contribution >= 4 is 5.91 Å². The Kier molecular flexibility index (Phi) is 7.13. The number of amides is 1. The number of likely N-dealkylation sites (tertiary alicyclic amines) is 1. The van der Waals surface area contributed by atoms with E-state index in [1.54, 1.807) is 18.2 Å². The Morgan fingerprint density at radius 3 is 2.59 bits per heavy atom. The summed E-state index contributed by atoms with van der Waals surface area (Å²) < 4.78 is 12.3. The predicted octanol–water partition coefficient (Wildman–Crippen LogP) is 3.89. The zero-order valence-electron chi connectivity index (χ0n) is 19.1. The number of carbonyl (C=O) groups excluding carboxylic acids is 1. The highest BCUT2D eigenvalue weighted by atomic mass is 16.5. The summed E-state index contributed by atoms with van der Waals surface area (Å²) in [7, 11) is 0. The maximum Gasteiger partial charge on any atom is 0.253 e. The van der Waals surface area contributed by atoms with E-state index >= 15 is 0 Å². The third-order valence-electron chi connectivity index (χ3n) is 6.69. The van der Waals surface area contributed by atoms with Gasteiger partial charge in [-0.15, -0.1) is 0 Å². The molecule has 0 saturated carbocycles. The lowest BCUT2D eigenvalue weighted by Crippen LogP contribution is -2.58. The topological polar surface area (TPSA) is 62.2 Å². The van der Waals surface area contributed by atoms with Gasteiger partial charge in [-0.25, -0.2) is 0 Å². The SMILES string of the molecule is CCOc1ccc(C(=O)N2CCC3(CC2)CN(CC)CC(c2ccccc2)O3)cc1CO.[HH]. The van der Waals surface area contributed by atoms with Crippen LogP contribution in [0.5, 0.6) is 5.75 Å². The van der Waals surface area contributed by atoms with Crippen molar-refractivity contribution in [1.29, 1.82) is 0 Å². The second-order valence-corrected chi connectivity index (χ2v) is 8.73. The number of benzene rings is 2. The molecule has 0 aromatic heterocycles. The van der Waals surface area contributed by atoms with Crippen LogP contribution < -0.4 is 4.74 Å². The average molecular weight is 441 g/mol. The molecule has 0 radical (unpaired) electrons. The van der Waals surface area contributed by atoms with Crippen molar-refractivity contribution in [3.8, 4) is 5.75 Å². The van der Waals surface area contributed by atoms with E-state index in [9.17, 15) is 9.90 Å². The highest BCUT2D eigenvalue weighted by Crippen LogP contribution is 2.38. The molecule has 6 heteroatoms. The Morgan fingerprint density at radius 1 is 1.19 bits per heavy atom. The van der Waals surface area contributed by atoms with Crippen molar-refractivity contribution in [2.45, 2.75) is 45.0 Å². The maximum atomic E-state index is 13.2. The van der Waals surface area contributed by atoms with Crippen molar-refractivity contribution in [2.75, 3.05) is 39.3 Å². The lowest BCUT2D eigenvalue weighted by Gasteiger charge is -2.50. The van der Waals surface area contributed by atoms with Crippen molar-refractivity contribution in [3.05, 3.63) is 65.2 Å². The number of aliphatic hydroxyl groups is 1. The molecule has 2 saturated heterocycles. The van der Waals surface area contributed by atoms with Crippen molar-refractivity contribution in [2.24, 2.45) is 0 Å². The van der Waals surface area contributed by atoms with Crippen LogP contribution >= 0.6 is 0 Å². The first-order valence-electron chi connectivity index (χ1n) is 11.7. The van der Waals surface area contributed by atoms with Gasteiger partial charge >= 0.3 is 0 Å². The third-order valence-corrected chi connectivity index (χ3v) is 6.69. The zero-order chi connectivity index (χ0) is 22.6. The standard InChI is InChI=1S/C26H34N2O4.H2/c1-3-27-17-24(20-8-6-5-7-9-20)32-26(19-27)12-14-28(15-13-26)25(30)21-10-11-23(31-4-2)22(16-21)18-29;/h5-11,16,24,29H,3-4,12-15,17-19H2,1-2H3;1H. The highest BCUT2D eigenvalue weighted by molar-refractivity contribution is 5.94. The van der Waals surface area contributed by atoms with Gasteiger partial charge in [0.15, 0.2) is 0 Å². The zero-order valence-corrected chi connectivity index (χ0v) is 19.1. The average Bonchev–Trinajstić information content (AvgIpc) is 2.84. The predicted molar refractivity (Wildman–Crippen MR) is 126 cm³/mol. The summed E-state index contributed by atoms with van der Waals surface area (Å²) >= 11 is 0. The van der Waals surface area contributed by atoms with Gasteiger partial charge in [0.25, 0.3) is 5.91 Å². The molecule has 32 heavy (non-hydrogen) atoms. The van der Waals surface area contributed by atoms with Crippen molar-refractivity contribution in [3.63, 3.8) is 0 Å². The van der Waals surface area contributed by atoms with Crippen LogP contribution in [-0.2, 0) is 11.3 Å². The lowest BCUT2D eigenvalue weighted by molar-refractivity contribution is -0.175. The Labute approximate surface area is 192 Å². The summed E-state index contributed by atoms with van der Waals surface area (Å²) in [6.45, 7) is 8.61. The van der Waals surface area contributed by atoms with Gasteiger partial charge < -0.3 is 19.5 Å². The van der Waals surface area contributed by atoms with E-state index in [1.807, 2.05) is 17.9 Å². The Morgan fingerprint density at radius 2 is 1.94 bits per heavy atom. The quantitative estimate of drug-likeness (QED) is 0.738. The molecular formula is C26H36N2O4. The Bertz CT molecular complexity index is 916. The van der Waals surface area contributed by atoms with Gasteiger partial charge in [-0.2, -0.15) is 0 Å². The minimum atomic E-state index is -0.222. The first kappa shape index (κ1) is 22.8. The summed E-state index contributed by atoms with van der Waals surface area (Å²) in [6, 6.07) is 15.8. The molecule has 1 atom stereocenters. The number of hydrogen-bond donors (Lipinski definition) is 1. The Hall–Kier alpha value is -2.41. The van der Waals surface area contributed by atoms with E-state index in [1.165, 1.54) is 5.56 Å². The molecule has 6 nitrogen and oxygen atoms in total. The number of rotatable bonds is 6. The minimum Gasteiger partial charge on any atom is -0.494 e. The van der Waals surface area contributed by atoms with E-state index in [0.717, 1.165) is 32.5 Å². The van der Waals surface area contributed by atoms with Crippen LogP contribution in [-0.4, -0.2) is 65.7 Å². The van der Waals surface area contributed by atoms with Gasteiger partial charge in [0.05, 0.1) is 24.9 Å². The number of carbonyl (C=O) groups is 1. The van der Waals surface area contributed by atoms with Crippen LogP contribution in [0.2, 0.25) is 0 Å². The van der Waals surface area contributed by atoms with Crippen molar-refractivity contribution in [1.82, 2.24) is 9.80 Å². The number of ether oxygens (including phenoxy) is 2. The molecule has 1 unspecified atom stereocenters. The fourth-order valence-corrected chi connectivity index (χ4v) is 4.87. The molecule has 1 N–H and O–H groups in total. The third kappa shape index (κ3) is 4.82. The smallest absolute Gasteiger partial charge is 0.253 e. The first-order valence-corrected chi connectivity index (χ1v) is 11.7. The molecule has 2 heterocycles. The van der Waals surface area contributed by atoms with Crippen LogP contribution in [0.25, 0.3) is 0 Å². The summed E-state index contributed by atoms with van der Waals surface area (Å²) in [6.07, 6.45) is 1.70. The number of aliphatic hydroxyl groups excluding tert-OH is 1. The van der Waals surface area contributed by atoms with E-state index in [4.69, 9.17) is 9.47 Å². The largest absolute Gasteiger partial charge is 0.494 e. The number of morpholine rings is 1. The van der Waals surface area contributed by atoms with Gasteiger partial charge in [-0.1, -0.05) is 37.3 Å². The number of nitrogens with zero attached hydrogens (tertiary/aromatic N) is 2. The molecule has 0 aliphatic carbocycles. The van der Waals surface area contributed by atoms with Crippen molar-refractivity contribution < 1.29 is 20.8 Å². The van der Waals surface area contributed by atoms with Gasteiger partial charge in [0, 0.05) is 38.7 Å². The molecule has 0 bridgehead atoms. The first-order chi connectivity index (χ1) is 15.6. The molecule has 174 valence electrons. The fraction of sp³-hybridized carbons (Fsp3) is 0.500. The normalized spacial score (nSPS) is 21.0. The molecule has 2 aromatic carbocycles. The van der Waals surface area contributed by atoms with Gasteiger partial charge in [-0.05, 0) is 50.1 Å². The molecular weight excluding hydrogens is 404 g/mol. The summed E-state index contributed by atoms with van der Waals surface area (Å²) in [5.41, 5.74) is 2.23. The molecule has 2 aromatic rings. The molecule has 4 rings (SSSR count). The molecule has 2 aliphatic rings. The van der Waals surface area contributed by atoms with Crippen LogP contribution in [0.1, 0.15) is 55.7 Å². The summed E-state index contributed by atoms with van der Waals surface area (Å²) in [5.74, 6) is 0.631. The van der Waals surface area contributed by atoms with Gasteiger partial charge in [0.1, 0.15) is 5.75 Å². The maximum absolute atomic E-state index is 13.2. The summed E-state index contributed by atoms with van der Waals surface area (Å²) in [5, 5.41) is 9.67. The fourth-order valence-electron chi connectivity index (χ4n) is 4.87. The monoisotopic (exact) mass is 440 g/mol. The second kappa shape index (κ2) is 10.0.